The van der Waals surface area contributed by atoms with Gasteiger partial charge >= 0.3 is 6.03 Å². The zero-order valence-corrected chi connectivity index (χ0v) is 16.5. The molecule has 0 radical (unpaired) electrons. The number of rotatable bonds is 6. The van der Waals surface area contributed by atoms with Crippen molar-refractivity contribution in [2.45, 2.75) is 38.8 Å². The number of nitrogens with one attached hydrogen (secondary N) is 2. The molecular weight excluding hydrogens is 388 g/mol. The van der Waals surface area contributed by atoms with Gasteiger partial charge in [-0.2, -0.15) is 5.10 Å². The van der Waals surface area contributed by atoms with E-state index in [1.54, 1.807) is 21.8 Å². The highest BCUT2D eigenvalue weighted by molar-refractivity contribution is 5.93. The van der Waals surface area contributed by atoms with E-state index < -0.39 is 0 Å². The molecule has 3 amide bonds. The van der Waals surface area contributed by atoms with Crippen molar-refractivity contribution < 1.29 is 14.2 Å². The Labute approximate surface area is 171 Å². The summed E-state index contributed by atoms with van der Waals surface area (Å²) in [5.41, 5.74) is 3.10. The lowest BCUT2D eigenvalue weighted by molar-refractivity contribution is 0.0940. The van der Waals surface area contributed by atoms with Crippen LogP contribution < -0.4 is 10.6 Å². The lowest BCUT2D eigenvalue weighted by Gasteiger charge is -2.31. The Hall–Kier alpha value is -3.50. The van der Waals surface area contributed by atoms with E-state index in [0.717, 1.165) is 18.4 Å². The molecule has 1 saturated carbocycles. The fourth-order valence-electron chi connectivity index (χ4n) is 3.62. The Bertz CT molecular complexity index is 1100. The summed E-state index contributed by atoms with van der Waals surface area (Å²) in [4.78, 5) is 30.8. The first-order valence-electron chi connectivity index (χ1n) is 10.0. The lowest BCUT2D eigenvalue weighted by Crippen LogP contribution is -2.49. The van der Waals surface area contributed by atoms with Gasteiger partial charge in [-0.15, -0.1) is 0 Å². The third-order valence-electron chi connectivity index (χ3n) is 5.34. The minimum absolute atomic E-state index is 0.0624. The largest absolute Gasteiger partial charge is 0.345 e. The second-order valence-corrected chi connectivity index (χ2v) is 8.03. The fraction of sp³-hybridized carbons (Fsp3) is 0.474. The van der Waals surface area contributed by atoms with E-state index in [1.807, 2.05) is 6.07 Å². The second kappa shape index (κ2) is 7.39. The molecule has 156 valence electrons. The van der Waals surface area contributed by atoms with Crippen LogP contribution in [0.4, 0.5) is 4.79 Å². The van der Waals surface area contributed by atoms with Crippen LogP contribution in [-0.2, 0) is 13.1 Å². The maximum Gasteiger partial charge on any atom is 0.317 e. The van der Waals surface area contributed by atoms with Crippen molar-refractivity contribution >= 4 is 17.6 Å². The van der Waals surface area contributed by atoms with E-state index in [-0.39, 0.29) is 30.1 Å². The van der Waals surface area contributed by atoms with Crippen molar-refractivity contribution in [2.75, 3.05) is 13.1 Å². The number of imidazole rings is 1. The van der Waals surface area contributed by atoms with Gasteiger partial charge in [0.1, 0.15) is 5.69 Å². The minimum atomic E-state index is -0.325. The van der Waals surface area contributed by atoms with Gasteiger partial charge in [-0.1, -0.05) is 12.1 Å². The predicted molar refractivity (Wildman–Crippen MR) is 103 cm³/mol. The maximum absolute atomic E-state index is 12.4. The van der Waals surface area contributed by atoms with E-state index >= 15 is 0 Å². The molecule has 1 saturated heterocycles. The maximum atomic E-state index is 12.4. The van der Waals surface area contributed by atoms with Crippen LogP contribution in [0.5, 0.6) is 0 Å². The van der Waals surface area contributed by atoms with Gasteiger partial charge in [0.25, 0.3) is 5.91 Å². The molecule has 11 nitrogen and oxygen atoms in total. The Morgan fingerprint density at radius 3 is 3.07 bits per heavy atom. The quantitative estimate of drug-likeness (QED) is 0.622. The molecule has 30 heavy (non-hydrogen) atoms. The van der Waals surface area contributed by atoms with Crippen LogP contribution >= 0.6 is 0 Å². The SMILES string of the molecule is CC1CNC(=O)N(Cc2cnn3cc(CNC(=O)c4nonc4C4CC4)nc3c2)C1. The van der Waals surface area contributed by atoms with E-state index in [0.29, 0.717) is 42.6 Å². The summed E-state index contributed by atoms with van der Waals surface area (Å²) in [6, 6.07) is 1.84. The molecule has 1 aliphatic heterocycles. The molecule has 2 fully saturated rings. The molecule has 2 N–H and O–H groups in total. The number of fused-ring (bicyclic) bond motifs is 1. The monoisotopic (exact) mass is 410 g/mol. The highest BCUT2D eigenvalue weighted by Crippen LogP contribution is 2.40. The van der Waals surface area contributed by atoms with Crippen LogP contribution in [0.3, 0.4) is 0 Å². The first-order valence-corrected chi connectivity index (χ1v) is 10.0. The molecule has 1 unspecified atom stereocenters. The van der Waals surface area contributed by atoms with Crippen molar-refractivity contribution in [2.24, 2.45) is 5.92 Å². The first-order chi connectivity index (χ1) is 14.6. The number of carbonyl (C=O) groups excluding carboxylic acids is 2. The topological polar surface area (TPSA) is 131 Å². The average molecular weight is 410 g/mol. The summed E-state index contributed by atoms with van der Waals surface area (Å²) in [5, 5.41) is 17.7. The van der Waals surface area contributed by atoms with Gasteiger partial charge < -0.3 is 15.5 Å². The van der Waals surface area contributed by atoms with Gasteiger partial charge in [0.15, 0.2) is 11.3 Å². The number of urea groups is 1. The van der Waals surface area contributed by atoms with Crippen molar-refractivity contribution in [1.82, 2.24) is 40.4 Å². The van der Waals surface area contributed by atoms with Crippen LogP contribution in [0, 0.1) is 5.92 Å². The number of hydrogen-bond donors (Lipinski definition) is 2. The third kappa shape index (κ3) is 3.70. The van der Waals surface area contributed by atoms with Crippen molar-refractivity contribution in [3.8, 4) is 0 Å². The van der Waals surface area contributed by atoms with Crippen LogP contribution in [0.2, 0.25) is 0 Å². The second-order valence-electron chi connectivity index (χ2n) is 8.03. The molecule has 4 heterocycles. The fourth-order valence-corrected chi connectivity index (χ4v) is 3.62. The summed E-state index contributed by atoms with van der Waals surface area (Å²) in [7, 11) is 0. The molecule has 0 bridgehead atoms. The van der Waals surface area contributed by atoms with Crippen LogP contribution in [0.15, 0.2) is 23.1 Å². The number of hydrogen-bond acceptors (Lipinski definition) is 7. The van der Waals surface area contributed by atoms with Crippen LogP contribution in [-0.4, -0.2) is 54.8 Å². The molecule has 1 aliphatic carbocycles. The highest BCUT2D eigenvalue weighted by atomic mass is 16.6. The van der Waals surface area contributed by atoms with Gasteiger partial charge in [-0.3, -0.25) is 4.79 Å². The van der Waals surface area contributed by atoms with Gasteiger partial charge in [-0.25, -0.2) is 18.9 Å². The molecule has 3 aromatic rings. The normalized spacial score (nSPS) is 19.2. The van der Waals surface area contributed by atoms with Crippen LogP contribution in [0.1, 0.15) is 53.1 Å². The smallest absolute Gasteiger partial charge is 0.317 e. The van der Waals surface area contributed by atoms with Crippen LogP contribution in [0.25, 0.3) is 5.65 Å². The van der Waals surface area contributed by atoms with E-state index in [1.165, 1.54) is 0 Å². The molecule has 5 rings (SSSR count). The number of carbonyl (C=O) groups is 2. The van der Waals surface area contributed by atoms with E-state index in [4.69, 9.17) is 4.63 Å². The van der Waals surface area contributed by atoms with Gasteiger partial charge in [0, 0.05) is 25.6 Å². The summed E-state index contributed by atoms with van der Waals surface area (Å²) in [5.74, 6) is 0.357. The Balaban J connectivity index is 1.25. The van der Waals surface area contributed by atoms with E-state index in [9.17, 15) is 9.59 Å². The summed E-state index contributed by atoms with van der Waals surface area (Å²) >= 11 is 0. The first kappa shape index (κ1) is 18.5. The number of nitrogens with zero attached hydrogens (tertiary/aromatic N) is 6. The minimum Gasteiger partial charge on any atom is -0.345 e. The van der Waals surface area contributed by atoms with Crippen molar-refractivity contribution in [3.63, 3.8) is 0 Å². The van der Waals surface area contributed by atoms with E-state index in [2.05, 4.69) is 38.0 Å². The highest BCUT2D eigenvalue weighted by Gasteiger charge is 2.33. The molecule has 0 spiro atoms. The summed E-state index contributed by atoms with van der Waals surface area (Å²) in [6.45, 7) is 4.23. The van der Waals surface area contributed by atoms with Crippen molar-refractivity contribution in [1.29, 1.82) is 0 Å². The molecule has 11 heteroatoms. The Morgan fingerprint density at radius 2 is 2.23 bits per heavy atom. The lowest BCUT2D eigenvalue weighted by atomic mass is 10.1. The molecule has 0 aromatic carbocycles. The van der Waals surface area contributed by atoms with Gasteiger partial charge in [-0.05, 0) is 35.5 Å². The predicted octanol–water partition coefficient (Wildman–Crippen LogP) is 1.08. The summed E-state index contributed by atoms with van der Waals surface area (Å²) in [6.07, 6.45) is 5.50. The Morgan fingerprint density at radius 1 is 1.37 bits per heavy atom. The molecule has 1 atom stereocenters. The zero-order chi connectivity index (χ0) is 20.7. The molecular formula is C19H22N8O3. The zero-order valence-electron chi connectivity index (χ0n) is 16.5. The molecule has 2 aliphatic rings. The Kier molecular flexibility index (Phi) is 4.57. The molecule has 3 aromatic heterocycles. The standard InChI is InChI=1S/C19H22N8O3/c1-11-5-21-19(29)26(8-11)9-12-4-15-23-14(10-27(15)22-6-12)7-20-18(28)17-16(13-2-3-13)24-30-25-17/h4,6,10-11,13H,2-3,5,7-9H2,1H3,(H,20,28)(H,21,29). The third-order valence-corrected chi connectivity index (χ3v) is 5.34. The average Bonchev–Trinajstić information content (AvgIpc) is 3.31. The van der Waals surface area contributed by atoms with Gasteiger partial charge in [0.2, 0.25) is 0 Å². The van der Waals surface area contributed by atoms with Gasteiger partial charge in [0.05, 0.1) is 24.6 Å². The summed E-state index contributed by atoms with van der Waals surface area (Å²) < 4.78 is 6.38. The number of aromatic nitrogens is 5. The number of amides is 3. The van der Waals surface area contributed by atoms with Crippen molar-refractivity contribution in [3.05, 3.63) is 41.1 Å².